The minimum Gasteiger partial charge on any atom is -0.491 e. The standard InChI is InChI=1S/C20H20N2O4/c23-13(11-22-19-6-1-2-9-21-19)12-25-14-7-8-16-15-4-3-5-17(15)20(24)26-18(16)10-14/h1-2,6-10,13,23H,3-5,11-12H2,(H,21,22)/t13-/m0/s1. The molecule has 0 bridgehead atoms. The molecule has 2 N–H and O–H groups in total. The number of fused-ring (bicyclic) bond motifs is 3. The number of aryl methyl sites for hydroxylation is 1. The van der Waals surface area contributed by atoms with Gasteiger partial charge in [-0.25, -0.2) is 9.78 Å². The Hall–Kier alpha value is -2.86. The number of aromatic nitrogens is 1. The lowest BCUT2D eigenvalue weighted by Crippen LogP contribution is -2.26. The number of ether oxygens (including phenoxy) is 1. The first kappa shape index (κ1) is 16.6. The summed E-state index contributed by atoms with van der Waals surface area (Å²) in [7, 11) is 0. The van der Waals surface area contributed by atoms with Crippen LogP contribution in [0.5, 0.6) is 5.75 Å². The van der Waals surface area contributed by atoms with Crippen LogP contribution in [0.4, 0.5) is 5.82 Å². The Kier molecular flexibility index (Phi) is 4.58. The SMILES string of the molecule is O=c1oc2cc(OC[C@@H](O)CNc3ccccn3)ccc2c2c1CCC2. The maximum absolute atomic E-state index is 12.1. The number of aliphatic hydroxyl groups excluding tert-OH is 1. The molecule has 4 rings (SSSR count). The normalized spacial score (nSPS) is 14.2. The highest BCUT2D eigenvalue weighted by molar-refractivity contribution is 5.83. The summed E-state index contributed by atoms with van der Waals surface area (Å²) in [6, 6.07) is 11.0. The number of benzene rings is 1. The number of pyridine rings is 1. The molecule has 0 fully saturated rings. The van der Waals surface area contributed by atoms with Crippen molar-refractivity contribution in [3.8, 4) is 5.75 Å². The van der Waals surface area contributed by atoms with Gasteiger partial charge in [-0.2, -0.15) is 0 Å². The highest BCUT2D eigenvalue weighted by Gasteiger charge is 2.19. The molecule has 3 aromatic rings. The average molecular weight is 352 g/mol. The Morgan fingerprint density at radius 1 is 1.23 bits per heavy atom. The van der Waals surface area contributed by atoms with E-state index in [0.29, 0.717) is 23.7 Å². The molecule has 1 aliphatic carbocycles. The zero-order valence-electron chi connectivity index (χ0n) is 14.3. The first-order valence-electron chi connectivity index (χ1n) is 8.75. The second-order valence-corrected chi connectivity index (χ2v) is 6.42. The van der Waals surface area contributed by atoms with Gasteiger partial charge in [0.2, 0.25) is 0 Å². The maximum Gasteiger partial charge on any atom is 0.339 e. The van der Waals surface area contributed by atoms with Crippen LogP contribution in [0, 0.1) is 0 Å². The van der Waals surface area contributed by atoms with Crippen LogP contribution >= 0.6 is 0 Å². The molecule has 1 aromatic carbocycles. The molecule has 0 amide bonds. The molecule has 134 valence electrons. The molecule has 1 aliphatic rings. The van der Waals surface area contributed by atoms with Gasteiger partial charge in [0.15, 0.2) is 0 Å². The molecule has 2 aromatic heterocycles. The molecule has 26 heavy (non-hydrogen) atoms. The molecule has 2 heterocycles. The van der Waals surface area contributed by atoms with Crippen molar-refractivity contribution >= 4 is 16.8 Å². The second kappa shape index (κ2) is 7.17. The fourth-order valence-corrected chi connectivity index (χ4v) is 3.29. The van der Waals surface area contributed by atoms with E-state index in [1.54, 1.807) is 12.3 Å². The van der Waals surface area contributed by atoms with Gasteiger partial charge < -0.3 is 19.6 Å². The second-order valence-electron chi connectivity index (χ2n) is 6.42. The van der Waals surface area contributed by atoms with Crippen molar-refractivity contribution in [2.24, 2.45) is 0 Å². The van der Waals surface area contributed by atoms with Gasteiger partial charge in [0.05, 0.1) is 0 Å². The molecular weight excluding hydrogens is 332 g/mol. The quantitative estimate of drug-likeness (QED) is 0.663. The molecule has 0 unspecified atom stereocenters. The monoisotopic (exact) mass is 352 g/mol. The predicted molar refractivity (Wildman–Crippen MR) is 98.7 cm³/mol. The fourth-order valence-electron chi connectivity index (χ4n) is 3.29. The van der Waals surface area contributed by atoms with Crippen molar-refractivity contribution in [3.05, 3.63) is 64.1 Å². The van der Waals surface area contributed by atoms with Crippen molar-refractivity contribution in [3.63, 3.8) is 0 Å². The first-order valence-corrected chi connectivity index (χ1v) is 8.75. The van der Waals surface area contributed by atoms with Crippen LogP contribution in [0.25, 0.3) is 11.0 Å². The van der Waals surface area contributed by atoms with E-state index in [1.807, 2.05) is 30.3 Å². The van der Waals surface area contributed by atoms with Crippen LogP contribution in [-0.4, -0.2) is 29.3 Å². The van der Waals surface area contributed by atoms with Crippen LogP contribution in [0.15, 0.2) is 51.8 Å². The van der Waals surface area contributed by atoms with Crippen molar-refractivity contribution < 1.29 is 14.3 Å². The molecule has 1 atom stereocenters. The van der Waals surface area contributed by atoms with E-state index in [9.17, 15) is 9.90 Å². The minimum atomic E-state index is -0.695. The number of nitrogens with zero attached hydrogens (tertiary/aromatic N) is 1. The highest BCUT2D eigenvalue weighted by Crippen LogP contribution is 2.29. The average Bonchev–Trinajstić information content (AvgIpc) is 3.16. The van der Waals surface area contributed by atoms with E-state index >= 15 is 0 Å². The Balaban J connectivity index is 1.41. The number of aliphatic hydroxyl groups is 1. The van der Waals surface area contributed by atoms with Crippen molar-refractivity contribution in [1.82, 2.24) is 4.98 Å². The van der Waals surface area contributed by atoms with Crippen LogP contribution in [0.2, 0.25) is 0 Å². The fraction of sp³-hybridized carbons (Fsp3) is 0.300. The van der Waals surface area contributed by atoms with E-state index in [1.165, 1.54) is 0 Å². The predicted octanol–water partition coefficient (Wildman–Crippen LogP) is 2.53. The van der Waals surface area contributed by atoms with Crippen LogP contribution in [0.3, 0.4) is 0 Å². The summed E-state index contributed by atoms with van der Waals surface area (Å²) in [4.78, 5) is 16.2. The van der Waals surface area contributed by atoms with Crippen molar-refractivity contribution in [1.29, 1.82) is 0 Å². The van der Waals surface area contributed by atoms with Crippen molar-refractivity contribution in [2.75, 3.05) is 18.5 Å². The topological polar surface area (TPSA) is 84.6 Å². The number of hydrogen-bond acceptors (Lipinski definition) is 6. The van der Waals surface area contributed by atoms with E-state index in [0.717, 1.165) is 35.8 Å². The van der Waals surface area contributed by atoms with E-state index in [-0.39, 0.29) is 12.2 Å². The molecule has 6 heteroatoms. The largest absolute Gasteiger partial charge is 0.491 e. The Morgan fingerprint density at radius 2 is 2.12 bits per heavy atom. The molecule has 6 nitrogen and oxygen atoms in total. The summed E-state index contributed by atoms with van der Waals surface area (Å²) in [6.07, 6.45) is 3.69. The lowest BCUT2D eigenvalue weighted by atomic mass is 10.1. The summed E-state index contributed by atoms with van der Waals surface area (Å²) in [5.74, 6) is 1.27. The number of nitrogens with one attached hydrogen (secondary N) is 1. The summed E-state index contributed by atoms with van der Waals surface area (Å²) >= 11 is 0. The van der Waals surface area contributed by atoms with Gasteiger partial charge in [-0.15, -0.1) is 0 Å². The van der Waals surface area contributed by atoms with Crippen LogP contribution in [-0.2, 0) is 12.8 Å². The molecule has 0 spiro atoms. The number of rotatable bonds is 6. The maximum atomic E-state index is 12.1. The van der Waals surface area contributed by atoms with Gasteiger partial charge in [-0.1, -0.05) is 6.07 Å². The molecule has 0 saturated heterocycles. The van der Waals surface area contributed by atoms with Gasteiger partial charge in [0.1, 0.15) is 29.9 Å². The Morgan fingerprint density at radius 3 is 2.96 bits per heavy atom. The molecule has 0 saturated carbocycles. The number of anilines is 1. The first-order chi connectivity index (χ1) is 12.7. The lowest BCUT2D eigenvalue weighted by molar-refractivity contribution is 0.117. The number of hydrogen-bond donors (Lipinski definition) is 2. The minimum absolute atomic E-state index is 0.126. The van der Waals surface area contributed by atoms with Gasteiger partial charge in [-0.3, -0.25) is 0 Å². The zero-order chi connectivity index (χ0) is 17.9. The Labute approximate surface area is 150 Å². The van der Waals surface area contributed by atoms with Gasteiger partial charge in [0.25, 0.3) is 0 Å². The summed E-state index contributed by atoms with van der Waals surface area (Å²) in [5, 5.41) is 14.1. The van der Waals surface area contributed by atoms with Crippen molar-refractivity contribution in [2.45, 2.75) is 25.4 Å². The summed E-state index contributed by atoms with van der Waals surface area (Å²) in [6.45, 7) is 0.452. The summed E-state index contributed by atoms with van der Waals surface area (Å²) < 4.78 is 11.1. The van der Waals surface area contributed by atoms with E-state index in [2.05, 4.69) is 10.3 Å². The third-order valence-corrected chi connectivity index (χ3v) is 4.57. The third-order valence-electron chi connectivity index (χ3n) is 4.57. The van der Waals surface area contributed by atoms with Gasteiger partial charge in [-0.05, 0) is 49.1 Å². The van der Waals surface area contributed by atoms with E-state index in [4.69, 9.17) is 9.15 Å². The summed E-state index contributed by atoms with van der Waals surface area (Å²) in [5.41, 5.74) is 2.19. The van der Waals surface area contributed by atoms with E-state index < -0.39 is 6.10 Å². The smallest absolute Gasteiger partial charge is 0.339 e. The molecule has 0 radical (unpaired) electrons. The Bertz CT molecular complexity index is 969. The van der Waals surface area contributed by atoms with Crippen LogP contribution < -0.4 is 15.7 Å². The van der Waals surface area contributed by atoms with Crippen LogP contribution in [0.1, 0.15) is 17.5 Å². The molecule has 0 aliphatic heterocycles. The van der Waals surface area contributed by atoms with Gasteiger partial charge >= 0.3 is 5.63 Å². The third kappa shape index (κ3) is 3.41. The zero-order valence-corrected chi connectivity index (χ0v) is 14.3. The molecular formula is C20H20N2O4. The van der Waals surface area contributed by atoms with Gasteiger partial charge in [0, 0.05) is 29.8 Å². The highest BCUT2D eigenvalue weighted by atomic mass is 16.5. The lowest BCUT2D eigenvalue weighted by Gasteiger charge is -2.14.